The second kappa shape index (κ2) is 4.13. The number of rotatable bonds is 2. The summed E-state index contributed by atoms with van der Waals surface area (Å²) in [5.74, 6) is 0.342. The van der Waals surface area contributed by atoms with Gasteiger partial charge in [0.1, 0.15) is 11.5 Å². The van der Waals surface area contributed by atoms with Crippen molar-refractivity contribution in [2.24, 2.45) is 0 Å². The first kappa shape index (κ1) is 10.6. The van der Waals surface area contributed by atoms with E-state index < -0.39 is 0 Å². The fourth-order valence-electron chi connectivity index (χ4n) is 1.36. The highest BCUT2D eigenvalue weighted by Gasteiger charge is 2.13. The lowest BCUT2D eigenvalue weighted by molar-refractivity contribution is -0.131. The average Bonchev–Trinajstić information content (AvgIpc) is 2.01. The van der Waals surface area contributed by atoms with E-state index >= 15 is 0 Å². The van der Waals surface area contributed by atoms with Crippen LogP contribution in [0.1, 0.15) is 32.3 Å². The summed E-state index contributed by atoms with van der Waals surface area (Å²) < 4.78 is 4.99. The van der Waals surface area contributed by atoms with E-state index in [4.69, 9.17) is 4.74 Å². The number of ether oxygens (including phenoxy) is 1. The Balaban J connectivity index is 3.14. The minimum Gasteiger partial charge on any atom is -0.508 e. The van der Waals surface area contributed by atoms with Crippen molar-refractivity contribution >= 4 is 5.97 Å². The SMILES string of the molecule is CC(=O)Oc1cccc(O)c1C(C)C. The fraction of sp³-hybridized carbons (Fsp3) is 0.364. The van der Waals surface area contributed by atoms with Crippen LogP contribution in [0.2, 0.25) is 0 Å². The number of carbonyl (C=O) groups excluding carboxylic acids is 1. The summed E-state index contributed by atoms with van der Waals surface area (Å²) in [7, 11) is 0. The van der Waals surface area contributed by atoms with E-state index in [1.165, 1.54) is 6.92 Å². The van der Waals surface area contributed by atoms with E-state index in [9.17, 15) is 9.90 Å². The Hall–Kier alpha value is -1.51. The normalized spacial score (nSPS) is 10.3. The van der Waals surface area contributed by atoms with Gasteiger partial charge in [0.15, 0.2) is 0 Å². The van der Waals surface area contributed by atoms with Crippen LogP contribution in [0.25, 0.3) is 0 Å². The molecule has 0 aliphatic carbocycles. The molecule has 0 amide bonds. The largest absolute Gasteiger partial charge is 0.508 e. The first-order chi connectivity index (χ1) is 6.52. The van der Waals surface area contributed by atoms with Crippen LogP contribution in [0, 0.1) is 0 Å². The highest BCUT2D eigenvalue weighted by atomic mass is 16.5. The molecule has 0 heterocycles. The van der Waals surface area contributed by atoms with Gasteiger partial charge in [-0.05, 0) is 18.1 Å². The van der Waals surface area contributed by atoms with E-state index in [0.717, 1.165) is 0 Å². The van der Waals surface area contributed by atoms with Crippen LogP contribution < -0.4 is 4.74 Å². The summed E-state index contributed by atoms with van der Waals surface area (Å²) in [6.07, 6.45) is 0. The van der Waals surface area contributed by atoms with Crippen LogP contribution in [-0.4, -0.2) is 11.1 Å². The van der Waals surface area contributed by atoms with Crippen molar-refractivity contribution < 1.29 is 14.6 Å². The summed E-state index contributed by atoms with van der Waals surface area (Å²) in [6, 6.07) is 4.91. The van der Waals surface area contributed by atoms with Crippen molar-refractivity contribution in [1.29, 1.82) is 0 Å². The molecule has 1 aromatic rings. The number of aromatic hydroxyl groups is 1. The molecule has 3 heteroatoms. The van der Waals surface area contributed by atoms with Crippen LogP contribution in [0.15, 0.2) is 18.2 Å². The number of carbonyl (C=O) groups is 1. The number of benzene rings is 1. The van der Waals surface area contributed by atoms with Crippen molar-refractivity contribution in [3.05, 3.63) is 23.8 Å². The lowest BCUT2D eigenvalue weighted by Gasteiger charge is -2.13. The molecule has 0 fully saturated rings. The van der Waals surface area contributed by atoms with Crippen molar-refractivity contribution in [3.63, 3.8) is 0 Å². The van der Waals surface area contributed by atoms with Crippen molar-refractivity contribution in [3.8, 4) is 11.5 Å². The van der Waals surface area contributed by atoms with Gasteiger partial charge < -0.3 is 9.84 Å². The monoisotopic (exact) mass is 194 g/mol. The molecule has 14 heavy (non-hydrogen) atoms. The van der Waals surface area contributed by atoms with Gasteiger partial charge in [-0.15, -0.1) is 0 Å². The lowest BCUT2D eigenvalue weighted by atomic mass is 10.0. The molecule has 0 radical (unpaired) electrons. The Kier molecular flexibility index (Phi) is 3.12. The molecule has 0 spiro atoms. The molecule has 0 atom stereocenters. The number of esters is 1. The molecule has 0 aromatic heterocycles. The fourth-order valence-corrected chi connectivity index (χ4v) is 1.36. The topological polar surface area (TPSA) is 46.5 Å². The van der Waals surface area contributed by atoms with E-state index in [1.54, 1.807) is 18.2 Å². The predicted octanol–water partition coefficient (Wildman–Crippen LogP) is 2.44. The first-order valence-electron chi connectivity index (χ1n) is 4.52. The zero-order valence-electron chi connectivity index (χ0n) is 8.57. The molecule has 0 aliphatic heterocycles. The number of hydrogen-bond acceptors (Lipinski definition) is 3. The van der Waals surface area contributed by atoms with Crippen LogP contribution >= 0.6 is 0 Å². The molecule has 3 nitrogen and oxygen atoms in total. The maximum atomic E-state index is 10.8. The van der Waals surface area contributed by atoms with Gasteiger partial charge in [0.25, 0.3) is 0 Å². The molecule has 0 unspecified atom stereocenters. The summed E-state index contributed by atoms with van der Waals surface area (Å²) in [5.41, 5.74) is 0.669. The van der Waals surface area contributed by atoms with Gasteiger partial charge in [-0.25, -0.2) is 0 Å². The maximum Gasteiger partial charge on any atom is 0.308 e. The molecule has 0 saturated carbocycles. The molecular weight excluding hydrogens is 180 g/mol. The third-order valence-electron chi connectivity index (χ3n) is 1.87. The minimum atomic E-state index is -0.377. The highest BCUT2D eigenvalue weighted by molar-refractivity contribution is 5.70. The molecule has 76 valence electrons. The van der Waals surface area contributed by atoms with Crippen LogP contribution in [0.4, 0.5) is 0 Å². The molecule has 1 aromatic carbocycles. The second-order valence-corrected chi connectivity index (χ2v) is 3.44. The Morgan fingerprint density at radius 3 is 2.57 bits per heavy atom. The maximum absolute atomic E-state index is 10.8. The van der Waals surface area contributed by atoms with Crippen LogP contribution in [0.3, 0.4) is 0 Å². The molecule has 1 rings (SSSR count). The number of phenolic OH excluding ortho intramolecular Hbond substituents is 1. The summed E-state index contributed by atoms with van der Waals surface area (Å²) in [6.45, 7) is 5.21. The molecule has 1 N–H and O–H groups in total. The Bertz CT molecular complexity index is 342. The van der Waals surface area contributed by atoms with Gasteiger partial charge >= 0.3 is 5.97 Å². The number of phenols is 1. The van der Waals surface area contributed by atoms with Crippen LogP contribution in [0.5, 0.6) is 11.5 Å². The first-order valence-corrected chi connectivity index (χ1v) is 4.52. The van der Waals surface area contributed by atoms with Gasteiger partial charge in [-0.3, -0.25) is 4.79 Å². The van der Waals surface area contributed by atoms with Crippen molar-refractivity contribution in [2.75, 3.05) is 0 Å². The molecule has 0 aliphatic rings. The molecular formula is C11H14O3. The Morgan fingerprint density at radius 1 is 1.43 bits per heavy atom. The number of hydrogen-bond donors (Lipinski definition) is 1. The predicted molar refractivity (Wildman–Crippen MR) is 53.5 cm³/mol. The minimum absolute atomic E-state index is 0.116. The van der Waals surface area contributed by atoms with Gasteiger partial charge in [-0.1, -0.05) is 19.9 Å². The quantitative estimate of drug-likeness (QED) is 0.581. The summed E-state index contributed by atoms with van der Waals surface area (Å²) in [5, 5.41) is 9.58. The van der Waals surface area contributed by atoms with Gasteiger partial charge in [0.2, 0.25) is 0 Å². The third-order valence-corrected chi connectivity index (χ3v) is 1.87. The van der Waals surface area contributed by atoms with Gasteiger partial charge in [0.05, 0.1) is 0 Å². The van der Waals surface area contributed by atoms with E-state index in [2.05, 4.69) is 0 Å². The lowest BCUT2D eigenvalue weighted by Crippen LogP contribution is -2.04. The molecule has 0 bridgehead atoms. The van der Waals surface area contributed by atoms with Crippen molar-refractivity contribution in [1.82, 2.24) is 0 Å². The Morgan fingerprint density at radius 2 is 2.07 bits per heavy atom. The van der Waals surface area contributed by atoms with E-state index in [1.807, 2.05) is 13.8 Å². The van der Waals surface area contributed by atoms with Gasteiger partial charge in [0, 0.05) is 12.5 Å². The summed E-state index contributed by atoms with van der Waals surface area (Å²) in [4.78, 5) is 10.8. The van der Waals surface area contributed by atoms with Crippen molar-refractivity contribution in [2.45, 2.75) is 26.7 Å². The van der Waals surface area contributed by atoms with Gasteiger partial charge in [-0.2, -0.15) is 0 Å². The average molecular weight is 194 g/mol. The van der Waals surface area contributed by atoms with E-state index in [-0.39, 0.29) is 17.6 Å². The third kappa shape index (κ3) is 2.25. The molecule has 0 saturated heterocycles. The zero-order valence-corrected chi connectivity index (χ0v) is 8.57. The summed E-state index contributed by atoms with van der Waals surface area (Å²) >= 11 is 0. The Labute approximate surface area is 83.3 Å². The standard InChI is InChI=1S/C11H14O3/c1-7(2)11-9(13)5-4-6-10(11)14-8(3)12/h4-7,13H,1-3H3. The highest BCUT2D eigenvalue weighted by Crippen LogP contribution is 2.33. The zero-order chi connectivity index (χ0) is 10.7. The van der Waals surface area contributed by atoms with Crippen LogP contribution in [-0.2, 0) is 4.79 Å². The van der Waals surface area contributed by atoms with E-state index in [0.29, 0.717) is 11.3 Å². The smallest absolute Gasteiger partial charge is 0.308 e. The second-order valence-electron chi connectivity index (χ2n) is 3.44.